The second kappa shape index (κ2) is 49.7. The Kier molecular flexibility index (Phi) is 46.8. The van der Waals surface area contributed by atoms with Crippen LogP contribution < -0.4 is 5.32 Å². The molecule has 1 rings (SSSR count). The predicted molar refractivity (Wildman–Crippen MR) is 298 cm³/mol. The molecule has 0 saturated carbocycles. The number of carbonyl (C=O) groups excluding carboxylic acids is 1. The average molecular weight is 1020 g/mol. The first-order chi connectivity index (χ1) is 35.2. The molecule has 8 N–H and O–H groups in total. The second-order valence-electron chi connectivity index (χ2n) is 20.7. The van der Waals surface area contributed by atoms with Gasteiger partial charge in [0.15, 0.2) is 6.29 Å². The van der Waals surface area contributed by atoms with Crippen molar-refractivity contribution in [2.45, 2.75) is 306 Å². The van der Waals surface area contributed by atoms with Crippen molar-refractivity contribution < 1.29 is 50.0 Å². The van der Waals surface area contributed by atoms with Gasteiger partial charge in [-0.25, -0.2) is 0 Å². The molecular formula is C61H111NO10. The van der Waals surface area contributed by atoms with Crippen LogP contribution in [-0.4, -0.2) is 110 Å². The van der Waals surface area contributed by atoms with Gasteiger partial charge >= 0.3 is 0 Å². The van der Waals surface area contributed by atoms with E-state index in [1.54, 1.807) is 0 Å². The first kappa shape index (κ1) is 67.8. The lowest BCUT2D eigenvalue weighted by atomic mass is 9.98. The number of amides is 1. The summed E-state index contributed by atoms with van der Waals surface area (Å²) < 4.78 is 11.1. The van der Waals surface area contributed by atoms with Crippen molar-refractivity contribution in [1.29, 1.82) is 0 Å². The number of carbonyl (C=O) groups is 1. The maximum absolute atomic E-state index is 13.2. The lowest BCUT2D eigenvalue weighted by molar-refractivity contribution is -0.303. The van der Waals surface area contributed by atoms with Crippen LogP contribution >= 0.6 is 0 Å². The topological polar surface area (TPSA) is 189 Å². The van der Waals surface area contributed by atoms with Crippen molar-refractivity contribution in [2.75, 3.05) is 13.2 Å². The third-order valence-corrected chi connectivity index (χ3v) is 14.0. The molecule has 0 aromatic heterocycles. The van der Waals surface area contributed by atoms with Crippen LogP contribution in [0.2, 0.25) is 0 Å². The number of ether oxygens (including phenoxy) is 2. The zero-order chi connectivity index (χ0) is 52.5. The maximum atomic E-state index is 13.2. The minimum atomic E-state index is -1.68. The van der Waals surface area contributed by atoms with Gasteiger partial charge in [0.2, 0.25) is 5.91 Å². The van der Waals surface area contributed by atoms with Gasteiger partial charge in [-0.15, -0.1) is 0 Å². The van der Waals surface area contributed by atoms with Crippen molar-refractivity contribution >= 4 is 5.91 Å². The van der Waals surface area contributed by atoms with Crippen LogP contribution in [0.5, 0.6) is 0 Å². The van der Waals surface area contributed by atoms with E-state index in [9.17, 15) is 40.5 Å². The Morgan fingerprint density at radius 3 is 1.32 bits per heavy atom. The van der Waals surface area contributed by atoms with E-state index in [4.69, 9.17) is 9.47 Å². The molecule has 1 aliphatic rings. The molecule has 1 saturated heterocycles. The molecule has 0 radical (unpaired) electrons. The fraction of sp³-hybridized carbons (Fsp3) is 0.820. The summed E-state index contributed by atoms with van der Waals surface area (Å²) in [6.45, 7) is 3.44. The Balaban J connectivity index is 2.36. The molecular weight excluding hydrogens is 907 g/mol. The van der Waals surface area contributed by atoms with Crippen molar-refractivity contribution in [3.05, 3.63) is 60.8 Å². The number of rotatable bonds is 50. The van der Waals surface area contributed by atoms with Crippen molar-refractivity contribution in [2.24, 2.45) is 0 Å². The molecule has 9 atom stereocenters. The summed E-state index contributed by atoms with van der Waals surface area (Å²) in [5.41, 5.74) is 0. The summed E-state index contributed by atoms with van der Waals surface area (Å²) >= 11 is 0. The van der Waals surface area contributed by atoms with Gasteiger partial charge in [-0.2, -0.15) is 0 Å². The standard InChI is InChI=1S/C61H111NO10/c1-3-5-7-9-11-13-15-17-19-21-23-25-26-27-29-31-33-35-37-39-41-43-45-47-49-54(65)60(70)62-52(51-71-61-59(69)58(68)57(67)55(50-63)72-61)56(66)53(64)48-46-44-42-40-38-36-34-32-30-28-24-22-20-18-16-14-12-10-8-6-4-2/h22-25,27,29,32,34,40,42,52-59,61,63-69H,3-21,26,28,30-31,33,35-39,41,43-51H2,1-2H3,(H,62,70)/b24-22+,25-23-,29-27-,34-32+,42-40+. The van der Waals surface area contributed by atoms with E-state index in [0.717, 1.165) is 64.2 Å². The number of hydrogen-bond acceptors (Lipinski definition) is 10. The third kappa shape index (κ3) is 37.5. The van der Waals surface area contributed by atoms with Crippen molar-refractivity contribution in [1.82, 2.24) is 5.32 Å². The van der Waals surface area contributed by atoms with E-state index in [-0.39, 0.29) is 12.8 Å². The SMILES string of the molecule is CCCCCCCCCC/C=C/CC/C=C/CC/C=C/CCCC(O)C(O)C(COC1OC(CO)C(O)C(O)C1O)NC(=O)C(O)CCCCCCCCCC/C=C\C/C=C\CCCCCCCCCCC. The zero-order valence-electron chi connectivity index (χ0n) is 45.9. The number of aliphatic hydroxyl groups is 7. The highest BCUT2D eigenvalue weighted by molar-refractivity contribution is 5.80. The first-order valence-electron chi connectivity index (χ1n) is 29.7. The van der Waals surface area contributed by atoms with E-state index in [1.807, 2.05) is 0 Å². The molecule has 0 aliphatic carbocycles. The van der Waals surface area contributed by atoms with Gasteiger partial charge in [-0.1, -0.05) is 216 Å². The maximum Gasteiger partial charge on any atom is 0.249 e. The molecule has 11 nitrogen and oxygen atoms in total. The lowest BCUT2D eigenvalue weighted by Gasteiger charge is -2.40. The second-order valence-corrected chi connectivity index (χ2v) is 20.7. The quantitative estimate of drug-likeness (QED) is 0.0215. The van der Waals surface area contributed by atoms with Crippen LogP contribution in [-0.2, 0) is 14.3 Å². The monoisotopic (exact) mass is 1020 g/mol. The Morgan fingerprint density at radius 2 is 0.875 bits per heavy atom. The molecule has 9 unspecified atom stereocenters. The number of hydrogen-bond donors (Lipinski definition) is 8. The van der Waals surface area contributed by atoms with E-state index in [0.29, 0.717) is 19.3 Å². The number of unbranched alkanes of at least 4 members (excludes halogenated alkanes) is 28. The molecule has 1 amide bonds. The number of allylic oxidation sites excluding steroid dienone is 10. The van der Waals surface area contributed by atoms with Crippen molar-refractivity contribution in [3.63, 3.8) is 0 Å². The first-order valence-corrected chi connectivity index (χ1v) is 29.7. The molecule has 0 spiro atoms. The van der Waals surface area contributed by atoms with Crippen LogP contribution in [0.3, 0.4) is 0 Å². The Hall–Kier alpha value is -2.19. The Morgan fingerprint density at radius 1 is 0.486 bits per heavy atom. The van der Waals surface area contributed by atoms with Crippen LogP contribution in [0.25, 0.3) is 0 Å². The molecule has 420 valence electrons. The minimum absolute atomic E-state index is 0.237. The number of aliphatic hydroxyl groups excluding tert-OH is 7. The largest absolute Gasteiger partial charge is 0.394 e. The van der Waals surface area contributed by atoms with Crippen LogP contribution in [0.4, 0.5) is 0 Å². The van der Waals surface area contributed by atoms with Gasteiger partial charge in [0.1, 0.15) is 36.6 Å². The van der Waals surface area contributed by atoms with Crippen molar-refractivity contribution in [3.8, 4) is 0 Å². The highest BCUT2D eigenvalue weighted by Gasteiger charge is 2.44. The lowest BCUT2D eigenvalue weighted by Crippen LogP contribution is -2.60. The molecule has 72 heavy (non-hydrogen) atoms. The fourth-order valence-electron chi connectivity index (χ4n) is 9.15. The highest BCUT2D eigenvalue weighted by Crippen LogP contribution is 2.23. The minimum Gasteiger partial charge on any atom is -0.394 e. The smallest absolute Gasteiger partial charge is 0.249 e. The summed E-state index contributed by atoms with van der Waals surface area (Å²) in [6, 6.07) is -1.20. The van der Waals surface area contributed by atoms with E-state index < -0.39 is 74.2 Å². The summed E-state index contributed by atoms with van der Waals surface area (Å²) in [5.74, 6) is -0.717. The molecule has 1 fully saturated rings. The Labute approximate surface area is 440 Å². The highest BCUT2D eigenvalue weighted by atomic mass is 16.7. The Bertz CT molecular complexity index is 1350. The molecule has 0 aromatic rings. The summed E-state index contributed by atoms with van der Waals surface area (Å²) in [6.07, 6.45) is 52.7. The van der Waals surface area contributed by atoms with Gasteiger partial charge in [0, 0.05) is 0 Å². The van der Waals surface area contributed by atoms with E-state index in [1.165, 1.54) is 141 Å². The van der Waals surface area contributed by atoms with Gasteiger partial charge in [-0.05, 0) is 96.3 Å². The van der Waals surface area contributed by atoms with Crippen LogP contribution in [0.1, 0.15) is 251 Å². The van der Waals surface area contributed by atoms with Crippen LogP contribution in [0, 0.1) is 0 Å². The van der Waals surface area contributed by atoms with Gasteiger partial charge in [-0.3, -0.25) is 4.79 Å². The summed E-state index contributed by atoms with van der Waals surface area (Å²) in [4.78, 5) is 13.2. The molecule has 1 heterocycles. The third-order valence-electron chi connectivity index (χ3n) is 14.0. The molecule has 0 bridgehead atoms. The van der Waals surface area contributed by atoms with Gasteiger partial charge in [0.25, 0.3) is 0 Å². The summed E-state index contributed by atoms with van der Waals surface area (Å²) in [7, 11) is 0. The zero-order valence-corrected chi connectivity index (χ0v) is 45.9. The molecule has 11 heteroatoms. The summed E-state index contributed by atoms with van der Waals surface area (Å²) in [5, 5.41) is 76.1. The predicted octanol–water partition coefficient (Wildman–Crippen LogP) is 12.6. The normalized spacial score (nSPS) is 20.5. The van der Waals surface area contributed by atoms with Gasteiger partial charge < -0.3 is 50.5 Å². The average Bonchev–Trinajstić information content (AvgIpc) is 3.38. The van der Waals surface area contributed by atoms with E-state index >= 15 is 0 Å². The van der Waals surface area contributed by atoms with Gasteiger partial charge in [0.05, 0.1) is 25.4 Å². The van der Waals surface area contributed by atoms with Crippen LogP contribution in [0.15, 0.2) is 60.8 Å². The fourth-order valence-corrected chi connectivity index (χ4v) is 9.15. The number of nitrogens with one attached hydrogen (secondary N) is 1. The van der Waals surface area contributed by atoms with E-state index in [2.05, 4.69) is 79.9 Å². The molecule has 0 aromatic carbocycles. The molecule has 1 aliphatic heterocycles.